The highest BCUT2D eigenvalue weighted by Crippen LogP contribution is 2.12. The molecule has 0 saturated carbocycles. The minimum Gasteiger partial charge on any atom is -0.313 e. The van der Waals surface area contributed by atoms with Gasteiger partial charge in [0.15, 0.2) is 0 Å². The highest BCUT2D eigenvalue weighted by atomic mass is 15.2. The van der Waals surface area contributed by atoms with Crippen LogP contribution in [0.3, 0.4) is 0 Å². The van der Waals surface area contributed by atoms with Crippen LogP contribution >= 0.6 is 0 Å². The van der Waals surface area contributed by atoms with Crippen molar-refractivity contribution in [2.24, 2.45) is 5.92 Å². The van der Waals surface area contributed by atoms with Crippen molar-refractivity contribution in [3.63, 3.8) is 0 Å². The van der Waals surface area contributed by atoms with E-state index in [-0.39, 0.29) is 0 Å². The third-order valence-electron chi connectivity index (χ3n) is 3.44. The molecule has 0 aromatic heterocycles. The van der Waals surface area contributed by atoms with Crippen LogP contribution in [0.2, 0.25) is 0 Å². The molecule has 1 unspecified atom stereocenters. The van der Waals surface area contributed by atoms with Crippen LogP contribution in [0.4, 0.5) is 0 Å². The van der Waals surface area contributed by atoms with Crippen LogP contribution in [0, 0.1) is 5.92 Å². The van der Waals surface area contributed by atoms with E-state index in [0.717, 1.165) is 12.0 Å². The van der Waals surface area contributed by atoms with Gasteiger partial charge < -0.3 is 10.2 Å². The topological polar surface area (TPSA) is 15.3 Å². The van der Waals surface area contributed by atoms with E-state index in [9.17, 15) is 0 Å². The van der Waals surface area contributed by atoms with Crippen molar-refractivity contribution in [2.75, 3.05) is 26.2 Å². The molecule has 1 aliphatic heterocycles. The Morgan fingerprint density at radius 2 is 2.19 bits per heavy atom. The number of nitrogens with one attached hydrogen (secondary N) is 1. The smallest absolute Gasteiger partial charge is 0.0195 e. The van der Waals surface area contributed by atoms with Gasteiger partial charge in [-0.1, -0.05) is 20.8 Å². The zero-order valence-electron chi connectivity index (χ0n) is 11.5. The van der Waals surface area contributed by atoms with E-state index in [1.165, 1.54) is 58.3 Å². The third kappa shape index (κ3) is 5.86. The summed E-state index contributed by atoms with van der Waals surface area (Å²) in [5, 5.41) is 3.66. The molecular weight excluding hydrogens is 196 g/mol. The molecule has 0 bridgehead atoms. The van der Waals surface area contributed by atoms with E-state index in [2.05, 4.69) is 31.0 Å². The third-order valence-corrected chi connectivity index (χ3v) is 3.44. The summed E-state index contributed by atoms with van der Waals surface area (Å²) in [7, 11) is 0. The van der Waals surface area contributed by atoms with Crippen LogP contribution in [0.15, 0.2) is 0 Å². The van der Waals surface area contributed by atoms with Crippen LogP contribution in [0.5, 0.6) is 0 Å². The zero-order chi connectivity index (χ0) is 11.8. The first-order valence-corrected chi connectivity index (χ1v) is 7.18. The zero-order valence-corrected chi connectivity index (χ0v) is 11.5. The molecule has 96 valence electrons. The molecule has 1 saturated heterocycles. The van der Waals surface area contributed by atoms with Crippen LogP contribution in [0.25, 0.3) is 0 Å². The lowest BCUT2D eigenvalue weighted by Crippen LogP contribution is -2.46. The van der Waals surface area contributed by atoms with Gasteiger partial charge in [0.1, 0.15) is 0 Å². The lowest BCUT2D eigenvalue weighted by molar-refractivity contribution is 0.186. The van der Waals surface area contributed by atoms with Crippen molar-refractivity contribution in [3.8, 4) is 0 Å². The Balaban J connectivity index is 2.12. The average molecular weight is 226 g/mol. The normalized spacial score (nSPS) is 22.9. The van der Waals surface area contributed by atoms with Gasteiger partial charge >= 0.3 is 0 Å². The molecule has 1 N–H and O–H groups in total. The summed E-state index contributed by atoms with van der Waals surface area (Å²) in [5.41, 5.74) is 0. The number of hydrogen-bond donors (Lipinski definition) is 1. The highest BCUT2D eigenvalue weighted by molar-refractivity contribution is 4.77. The molecule has 0 amide bonds. The molecule has 1 heterocycles. The van der Waals surface area contributed by atoms with E-state index in [1.807, 2.05) is 0 Å². The predicted molar refractivity (Wildman–Crippen MR) is 71.8 cm³/mol. The Hall–Kier alpha value is -0.0800. The molecule has 0 aliphatic carbocycles. The van der Waals surface area contributed by atoms with Crippen molar-refractivity contribution in [1.82, 2.24) is 10.2 Å². The summed E-state index contributed by atoms with van der Waals surface area (Å²) in [6, 6.07) is 0.757. The predicted octanol–water partition coefficient (Wildman–Crippen LogP) is 2.89. The molecule has 2 heteroatoms. The van der Waals surface area contributed by atoms with Crippen molar-refractivity contribution in [2.45, 2.75) is 58.9 Å². The Morgan fingerprint density at radius 3 is 2.88 bits per heavy atom. The van der Waals surface area contributed by atoms with Crippen LogP contribution in [-0.2, 0) is 0 Å². The van der Waals surface area contributed by atoms with Gasteiger partial charge in [-0.15, -0.1) is 0 Å². The molecule has 2 nitrogen and oxygen atoms in total. The fourth-order valence-corrected chi connectivity index (χ4v) is 2.50. The van der Waals surface area contributed by atoms with E-state index < -0.39 is 0 Å². The lowest BCUT2D eigenvalue weighted by Gasteiger charge is -2.33. The minimum absolute atomic E-state index is 0.757. The molecular formula is C14H30N2. The average Bonchev–Trinajstić information content (AvgIpc) is 2.26. The maximum Gasteiger partial charge on any atom is 0.0195 e. The van der Waals surface area contributed by atoms with Gasteiger partial charge in [-0.2, -0.15) is 0 Å². The van der Waals surface area contributed by atoms with Crippen LogP contribution in [-0.4, -0.2) is 37.1 Å². The first-order chi connectivity index (χ1) is 7.72. The van der Waals surface area contributed by atoms with E-state index in [1.54, 1.807) is 0 Å². The largest absolute Gasteiger partial charge is 0.313 e. The Morgan fingerprint density at radius 1 is 1.38 bits per heavy atom. The highest BCUT2D eigenvalue weighted by Gasteiger charge is 2.18. The molecule has 1 aliphatic rings. The molecule has 0 radical (unpaired) electrons. The number of likely N-dealkylation sites (tertiary alicyclic amines) is 1. The van der Waals surface area contributed by atoms with Crippen molar-refractivity contribution < 1.29 is 0 Å². The fourth-order valence-electron chi connectivity index (χ4n) is 2.50. The molecule has 1 rings (SSSR count). The summed E-state index contributed by atoms with van der Waals surface area (Å²) >= 11 is 0. The summed E-state index contributed by atoms with van der Waals surface area (Å²) < 4.78 is 0. The first kappa shape index (κ1) is 14.0. The molecule has 0 aromatic carbocycles. The molecule has 1 atom stereocenters. The van der Waals surface area contributed by atoms with Gasteiger partial charge in [0.2, 0.25) is 0 Å². The van der Waals surface area contributed by atoms with Gasteiger partial charge in [0, 0.05) is 12.6 Å². The minimum atomic E-state index is 0.757. The maximum absolute atomic E-state index is 3.66. The summed E-state index contributed by atoms with van der Waals surface area (Å²) in [4.78, 5) is 2.65. The Bertz CT molecular complexity index is 168. The van der Waals surface area contributed by atoms with E-state index in [4.69, 9.17) is 0 Å². The monoisotopic (exact) mass is 226 g/mol. The van der Waals surface area contributed by atoms with Gasteiger partial charge in [-0.25, -0.2) is 0 Å². The van der Waals surface area contributed by atoms with Gasteiger partial charge in [0.25, 0.3) is 0 Å². The van der Waals surface area contributed by atoms with E-state index >= 15 is 0 Å². The van der Waals surface area contributed by atoms with Crippen LogP contribution in [0.1, 0.15) is 52.9 Å². The maximum atomic E-state index is 3.66. The Kier molecular flexibility index (Phi) is 7.06. The Labute approximate surface area is 102 Å². The second-order valence-electron chi connectivity index (χ2n) is 5.63. The second-order valence-corrected chi connectivity index (χ2v) is 5.63. The standard InChI is InChI=1S/C14H30N2/c1-4-9-15-14-8-6-11-16(12-14)10-5-7-13(2)3/h13-15H,4-12H2,1-3H3. The van der Waals surface area contributed by atoms with E-state index in [0.29, 0.717) is 0 Å². The number of nitrogens with zero attached hydrogens (tertiary/aromatic N) is 1. The lowest BCUT2D eigenvalue weighted by atomic mass is 10.0. The van der Waals surface area contributed by atoms with Gasteiger partial charge in [-0.05, 0) is 57.7 Å². The fraction of sp³-hybridized carbons (Fsp3) is 1.00. The van der Waals surface area contributed by atoms with Gasteiger partial charge in [-0.3, -0.25) is 0 Å². The molecule has 0 aromatic rings. The molecule has 16 heavy (non-hydrogen) atoms. The summed E-state index contributed by atoms with van der Waals surface area (Å²) in [6.07, 6.45) is 6.76. The molecule has 1 fully saturated rings. The number of hydrogen-bond acceptors (Lipinski definition) is 2. The van der Waals surface area contributed by atoms with Crippen molar-refractivity contribution >= 4 is 0 Å². The van der Waals surface area contributed by atoms with Crippen molar-refractivity contribution in [3.05, 3.63) is 0 Å². The van der Waals surface area contributed by atoms with Crippen LogP contribution < -0.4 is 5.32 Å². The van der Waals surface area contributed by atoms with Gasteiger partial charge in [0.05, 0.1) is 0 Å². The quantitative estimate of drug-likeness (QED) is 0.718. The number of rotatable bonds is 7. The summed E-state index contributed by atoms with van der Waals surface area (Å²) in [6.45, 7) is 12.0. The van der Waals surface area contributed by atoms with Crippen molar-refractivity contribution in [1.29, 1.82) is 0 Å². The first-order valence-electron chi connectivity index (χ1n) is 7.18. The second kappa shape index (κ2) is 8.08. The molecule has 0 spiro atoms. The SMILES string of the molecule is CCCNC1CCCN(CCCC(C)C)C1. The number of piperidine rings is 1. The summed E-state index contributed by atoms with van der Waals surface area (Å²) in [5.74, 6) is 0.860.